The van der Waals surface area contributed by atoms with Crippen molar-refractivity contribution in [1.82, 2.24) is 5.32 Å². The summed E-state index contributed by atoms with van der Waals surface area (Å²) in [6, 6.07) is 29.6. The summed E-state index contributed by atoms with van der Waals surface area (Å²) in [6.45, 7) is 0. The maximum Gasteiger partial charge on any atom is 0.272 e. The second-order valence-corrected chi connectivity index (χ2v) is 10.00. The van der Waals surface area contributed by atoms with Gasteiger partial charge in [0.15, 0.2) is 5.78 Å². The Morgan fingerprint density at radius 2 is 1.50 bits per heavy atom. The number of carbonyl (C=O) groups is 3. The molecule has 0 bridgehead atoms. The molecule has 0 unspecified atom stereocenters. The zero-order valence-electron chi connectivity index (χ0n) is 20.0. The van der Waals surface area contributed by atoms with Crippen molar-refractivity contribution in [2.75, 3.05) is 11.1 Å². The third-order valence-corrected chi connectivity index (χ3v) is 6.92. The van der Waals surface area contributed by atoms with Crippen LogP contribution in [0.3, 0.4) is 0 Å². The number of halogens is 2. The molecule has 2 amide bonds. The molecule has 4 aromatic rings. The monoisotopic (exact) mass is 560 g/mol. The van der Waals surface area contributed by atoms with Crippen LogP contribution >= 0.6 is 35.0 Å². The average Bonchev–Trinajstić information content (AvgIpc) is 2.93. The molecular formula is C30H22Cl2N2O3S. The maximum atomic E-state index is 13.3. The van der Waals surface area contributed by atoms with Crippen LogP contribution in [0.2, 0.25) is 10.0 Å². The molecule has 4 aromatic carbocycles. The van der Waals surface area contributed by atoms with Crippen molar-refractivity contribution in [2.24, 2.45) is 0 Å². The molecule has 0 atom stereocenters. The number of rotatable bonds is 9. The lowest BCUT2D eigenvalue weighted by Crippen LogP contribution is -2.30. The number of nitrogens with one attached hydrogen (secondary N) is 2. The first-order chi connectivity index (χ1) is 18.4. The van der Waals surface area contributed by atoms with Crippen LogP contribution < -0.4 is 10.6 Å². The highest BCUT2D eigenvalue weighted by atomic mass is 35.5. The van der Waals surface area contributed by atoms with E-state index >= 15 is 0 Å². The van der Waals surface area contributed by atoms with Crippen molar-refractivity contribution in [2.45, 2.75) is 4.90 Å². The molecule has 0 aliphatic rings. The number of hydrogen-bond donors (Lipinski definition) is 2. The Hall–Kier alpha value is -3.84. The summed E-state index contributed by atoms with van der Waals surface area (Å²) >= 11 is 13.5. The predicted molar refractivity (Wildman–Crippen MR) is 155 cm³/mol. The SMILES string of the molecule is O=C(Nc1cccc(SCC(=O)c2ccccc2Cl)c1)/C(=C/c1ccc(Cl)cc1)NC(=O)c1ccccc1. The first-order valence-corrected chi connectivity index (χ1v) is 13.3. The standard InChI is InChI=1S/C30H22Cl2N2O3S/c31-22-15-13-20(14-16-22)17-27(34-29(36)21-7-2-1-3-8-21)30(37)33-23-9-6-10-24(18-23)38-19-28(35)25-11-4-5-12-26(25)32/h1-18H,19H2,(H,33,37)(H,34,36)/b27-17-. The molecule has 0 spiro atoms. The van der Waals surface area contributed by atoms with Gasteiger partial charge in [-0.05, 0) is 66.2 Å². The minimum atomic E-state index is -0.501. The zero-order chi connectivity index (χ0) is 26.9. The lowest BCUT2D eigenvalue weighted by molar-refractivity contribution is -0.113. The van der Waals surface area contributed by atoms with Gasteiger partial charge in [0.1, 0.15) is 5.70 Å². The highest BCUT2D eigenvalue weighted by Crippen LogP contribution is 2.25. The average molecular weight is 561 g/mol. The van der Waals surface area contributed by atoms with Crippen molar-refractivity contribution in [3.05, 3.63) is 136 Å². The molecule has 0 radical (unpaired) electrons. The van der Waals surface area contributed by atoms with Gasteiger partial charge in [0.2, 0.25) is 0 Å². The van der Waals surface area contributed by atoms with E-state index in [0.717, 1.165) is 4.90 Å². The number of anilines is 1. The van der Waals surface area contributed by atoms with Crippen molar-refractivity contribution >= 4 is 64.3 Å². The second kappa shape index (κ2) is 13.1. The van der Waals surface area contributed by atoms with E-state index in [0.29, 0.717) is 32.4 Å². The van der Waals surface area contributed by atoms with Gasteiger partial charge in [0.05, 0.1) is 10.8 Å². The lowest BCUT2D eigenvalue weighted by Gasteiger charge is -2.12. The van der Waals surface area contributed by atoms with E-state index < -0.39 is 11.8 Å². The molecule has 0 aliphatic carbocycles. The number of amides is 2. The number of Topliss-reactive ketones (excluding diaryl/α,β-unsaturated/α-hetero) is 1. The van der Waals surface area contributed by atoms with Crippen LogP contribution in [0.15, 0.2) is 114 Å². The van der Waals surface area contributed by atoms with E-state index in [1.807, 2.05) is 6.07 Å². The van der Waals surface area contributed by atoms with Gasteiger partial charge < -0.3 is 10.6 Å². The summed E-state index contributed by atoms with van der Waals surface area (Å²) in [5.41, 5.74) is 2.16. The minimum absolute atomic E-state index is 0.0631. The zero-order valence-corrected chi connectivity index (χ0v) is 22.3. The third kappa shape index (κ3) is 7.59. The molecule has 2 N–H and O–H groups in total. The molecular weight excluding hydrogens is 539 g/mol. The van der Waals surface area contributed by atoms with Gasteiger partial charge in [0, 0.05) is 26.7 Å². The van der Waals surface area contributed by atoms with Gasteiger partial charge in [-0.15, -0.1) is 11.8 Å². The largest absolute Gasteiger partial charge is 0.321 e. The van der Waals surface area contributed by atoms with Crippen molar-refractivity contribution in [3.63, 3.8) is 0 Å². The molecule has 0 aliphatic heterocycles. The van der Waals surface area contributed by atoms with Crippen LogP contribution in [0.1, 0.15) is 26.3 Å². The first-order valence-electron chi connectivity index (χ1n) is 11.5. The number of ketones is 1. The summed E-state index contributed by atoms with van der Waals surface area (Å²) < 4.78 is 0. The van der Waals surface area contributed by atoms with Crippen molar-refractivity contribution in [3.8, 4) is 0 Å². The smallest absolute Gasteiger partial charge is 0.272 e. The molecule has 0 fully saturated rings. The molecule has 0 saturated heterocycles. The van der Waals surface area contributed by atoms with E-state index in [9.17, 15) is 14.4 Å². The van der Waals surface area contributed by atoms with Crippen molar-refractivity contribution < 1.29 is 14.4 Å². The Morgan fingerprint density at radius 1 is 0.789 bits per heavy atom. The number of thioether (sulfide) groups is 1. The fraction of sp³-hybridized carbons (Fsp3) is 0.0333. The van der Waals surface area contributed by atoms with E-state index in [1.54, 1.807) is 103 Å². The van der Waals surface area contributed by atoms with Gasteiger partial charge >= 0.3 is 0 Å². The Labute approximate surface area is 234 Å². The normalized spacial score (nSPS) is 11.1. The Kier molecular flexibility index (Phi) is 9.38. The fourth-order valence-electron chi connectivity index (χ4n) is 3.44. The van der Waals surface area contributed by atoms with E-state index in [1.165, 1.54) is 11.8 Å². The van der Waals surface area contributed by atoms with E-state index in [4.69, 9.17) is 23.2 Å². The Bertz CT molecular complexity index is 1490. The number of hydrogen-bond acceptors (Lipinski definition) is 4. The quantitative estimate of drug-likeness (QED) is 0.127. The van der Waals surface area contributed by atoms with Crippen LogP contribution in [0.25, 0.3) is 6.08 Å². The van der Waals surface area contributed by atoms with Gasteiger partial charge in [-0.3, -0.25) is 14.4 Å². The van der Waals surface area contributed by atoms with E-state index in [2.05, 4.69) is 10.6 Å². The van der Waals surface area contributed by atoms with Crippen LogP contribution in [0.5, 0.6) is 0 Å². The van der Waals surface area contributed by atoms with Gasteiger partial charge in [-0.25, -0.2) is 0 Å². The maximum absolute atomic E-state index is 13.3. The summed E-state index contributed by atoms with van der Waals surface area (Å²) in [5, 5.41) is 6.51. The molecule has 0 heterocycles. The van der Waals surface area contributed by atoms with Gasteiger partial charge in [-0.1, -0.05) is 71.7 Å². The Morgan fingerprint density at radius 3 is 2.24 bits per heavy atom. The second-order valence-electron chi connectivity index (χ2n) is 8.10. The van der Waals surface area contributed by atoms with Crippen LogP contribution in [-0.4, -0.2) is 23.4 Å². The fourth-order valence-corrected chi connectivity index (χ4v) is 4.65. The topological polar surface area (TPSA) is 75.3 Å². The lowest BCUT2D eigenvalue weighted by atomic mass is 10.1. The predicted octanol–water partition coefficient (Wildman–Crippen LogP) is 7.38. The van der Waals surface area contributed by atoms with Gasteiger partial charge in [0.25, 0.3) is 11.8 Å². The molecule has 8 heteroatoms. The van der Waals surface area contributed by atoms with Crippen LogP contribution in [0.4, 0.5) is 5.69 Å². The highest BCUT2D eigenvalue weighted by Gasteiger charge is 2.16. The molecule has 0 aromatic heterocycles. The molecule has 4 rings (SSSR count). The minimum Gasteiger partial charge on any atom is -0.321 e. The van der Waals surface area contributed by atoms with Crippen LogP contribution in [0, 0.1) is 0 Å². The van der Waals surface area contributed by atoms with Crippen molar-refractivity contribution in [1.29, 1.82) is 0 Å². The molecule has 5 nitrogen and oxygen atoms in total. The van der Waals surface area contributed by atoms with E-state index in [-0.39, 0.29) is 17.2 Å². The molecule has 190 valence electrons. The first kappa shape index (κ1) is 27.2. The number of carbonyl (C=O) groups excluding carboxylic acids is 3. The summed E-state index contributed by atoms with van der Waals surface area (Å²) in [4.78, 5) is 39.4. The molecule has 0 saturated carbocycles. The van der Waals surface area contributed by atoms with Crippen LogP contribution in [-0.2, 0) is 4.79 Å². The summed E-state index contributed by atoms with van der Waals surface area (Å²) in [5.74, 6) is -0.815. The number of benzene rings is 4. The third-order valence-electron chi connectivity index (χ3n) is 5.35. The molecule has 38 heavy (non-hydrogen) atoms. The summed E-state index contributed by atoms with van der Waals surface area (Å²) in [6.07, 6.45) is 1.58. The highest BCUT2D eigenvalue weighted by molar-refractivity contribution is 8.00. The summed E-state index contributed by atoms with van der Waals surface area (Å²) in [7, 11) is 0. The Balaban J connectivity index is 1.49. The van der Waals surface area contributed by atoms with Gasteiger partial charge in [-0.2, -0.15) is 0 Å².